The van der Waals surface area contributed by atoms with Gasteiger partial charge < -0.3 is 10.1 Å². The van der Waals surface area contributed by atoms with Crippen LogP contribution in [0.5, 0.6) is 0 Å². The highest BCUT2D eigenvalue weighted by atomic mass is 32.1. The zero-order valence-electron chi connectivity index (χ0n) is 14.0. The number of carbonyl (C=O) groups is 1. The third-order valence-corrected chi connectivity index (χ3v) is 4.85. The van der Waals surface area contributed by atoms with Gasteiger partial charge >= 0.3 is 0 Å². The molecule has 6 nitrogen and oxygen atoms in total. The maximum absolute atomic E-state index is 11.0. The van der Waals surface area contributed by atoms with E-state index in [1.54, 1.807) is 6.20 Å². The third-order valence-electron chi connectivity index (χ3n) is 3.86. The number of rotatable bonds is 5. The molecule has 1 atom stereocenters. The molecule has 1 amide bonds. The lowest BCUT2D eigenvalue weighted by molar-refractivity contribution is -0.119. The van der Waals surface area contributed by atoms with E-state index in [1.165, 1.54) is 16.7 Å². The van der Waals surface area contributed by atoms with Gasteiger partial charge in [0.25, 0.3) is 0 Å². The molecular formula is C17H22N4O2S. The second-order valence-electron chi connectivity index (χ2n) is 5.92. The summed E-state index contributed by atoms with van der Waals surface area (Å²) in [6.45, 7) is 7.34. The maximum Gasteiger partial charge on any atom is 0.217 e. The van der Waals surface area contributed by atoms with Crippen LogP contribution in [0.4, 0.5) is 0 Å². The Balaban J connectivity index is 1.63. The number of hydrogen-bond donors (Lipinski definition) is 1. The van der Waals surface area contributed by atoms with E-state index in [1.807, 2.05) is 17.4 Å². The molecule has 0 saturated carbocycles. The molecule has 0 bridgehead atoms. The fraction of sp³-hybridized carbons (Fsp3) is 0.471. The lowest BCUT2D eigenvalue weighted by Gasteiger charge is -2.31. The average Bonchev–Trinajstić information content (AvgIpc) is 2.98. The fourth-order valence-corrected chi connectivity index (χ4v) is 3.61. The van der Waals surface area contributed by atoms with E-state index < -0.39 is 0 Å². The Bertz CT molecular complexity index is 703. The van der Waals surface area contributed by atoms with Crippen LogP contribution < -0.4 is 5.32 Å². The number of amides is 1. The van der Waals surface area contributed by atoms with E-state index in [4.69, 9.17) is 4.74 Å². The van der Waals surface area contributed by atoms with Crippen molar-refractivity contribution < 1.29 is 9.53 Å². The molecule has 1 saturated heterocycles. The van der Waals surface area contributed by atoms with E-state index in [2.05, 4.69) is 39.2 Å². The molecule has 1 unspecified atom stereocenters. The Morgan fingerprint density at radius 1 is 1.46 bits per heavy atom. The SMILES string of the molecule is CC(=O)NCc1ccnc(C2CN(Cc3ccc(C)s3)CCO2)n1. The lowest BCUT2D eigenvalue weighted by Crippen LogP contribution is -2.38. The van der Waals surface area contributed by atoms with Crippen molar-refractivity contribution in [1.29, 1.82) is 0 Å². The lowest BCUT2D eigenvalue weighted by atomic mass is 10.2. The van der Waals surface area contributed by atoms with E-state index in [9.17, 15) is 4.79 Å². The summed E-state index contributed by atoms with van der Waals surface area (Å²) < 4.78 is 5.87. The van der Waals surface area contributed by atoms with E-state index in [0.717, 1.165) is 25.3 Å². The highest BCUT2D eigenvalue weighted by Crippen LogP contribution is 2.23. The molecule has 2 aromatic rings. The van der Waals surface area contributed by atoms with Crippen molar-refractivity contribution in [2.45, 2.75) is 33.0 Å². The summed E-state index contributed by atoms with van der Waals surface area (Å²) in [6, 6.07) is 6.16. The molecule has 1 N–H and O–H groups in total. The number of aromatic nitrogens is 2. The first-order valence-corrected chi connectivity index (χ1v) is 8.87. The first kappa shape index (κ1) is 17.0. The van der Waals surface area contributed by atoms with Crippen molar-refractivity contribution >= 4 is 17.2 Å². The van der Waals surface area contributed by atoms with Gasteiger partial charge in [0.2, 0.25) is 5.91 Å². The molecule has 3 rings (SSSR count). The van der Waals surface area contributed by atoms with Crippen molar-refractivity contribution in [3.63, 3.8) is 0 Å². The predicted octanol–water partition coefficient (Wildman–Crippen LogP) is 2.06. The van der Waals surface area contributed by atoms with Crippen LogP contribution >= 0.6 is 11.3 Å². The van der Waals surface area contributed by atoms with Gasteiger partial charge in [0.1, 0.15) is 6.10 Å². The van der Waals surface area contributed by atoms with Crippen molar-refractivity contribution in [1.82, 2.24) is 20.2 Å². The first-order valence-electron chi connectivity index (χ1n) is 8.05. The number of ether oxygens (including phenoxy) is 1. The maximum atomic E-state index is 11.0. The average molecular weight is 346 g/mol. The van der Waals surface area contributed by atoms with Crippen LogP contribution in [0.15, 0.2) is 24.4 Å². The second kappa shape index (κ2) is 7.83. The van der Waals surface area contributed by atoms with E-state index >= 15 is 0 Å². The van der Waals surface area contributed by atoms with Gasteiger partial charge in [-0.1, -0.05) is 0 Å². The van der Waals surface area contributed by atoms with Gasteiger partial charge in [-0.25, -0.2) is 9.97 Å². The number of thiophene rings is 1. The number of morpholine rings is 1. The standard InChI is InChI=1S/C17H22N4O2S/c1-12-3-4-15(24-12)10-21-7-8-23-16(11-21)17-18-6-5-14(20-17)9-19-13(2)22/h3-6,16H,7-11H2,1-2H3,(H,19,22). The number of carbonyl (C=O) groups excluding carboxylic acids is 1. The van der Waals surface area contributed by atoms with Crippen LogP contribution in [0.1, 0.15) is 34.3 Å². The summed E-state index contributed by atoms with van der Waals surface area (Å²) in [7, 11) is 0. The van der Waals surface area contributed by atoms with Gasteiger partial charge in [0, 0.05) is 42.5 Å². The summed E-state index contributed by atoms with van der Waals surface area (Å²) in [5.74, 6) is 0.617. The molecule has 1 aliphatic rings. The van der Waals surface area contributed by atoms with Gasteiger partial charge in [-0.05, 0) is 25.1 Å². The van der Waals surface area contributed by atoms with Crippen molar-refractivity contribution in [3.8, 4) is 0 Å². The minimum Gasteiger partial charge on any atom is -0.368 e. The zero-order valence-corrected chi connectivity index (χ0v) is 14.8. The minimum absolute atomic E-state index is 0.0681. The summed E-state index contributed by atoms with van der Waals surface area (Å²) in [5, 5.41) is 2.76. The van der Waals surface area contributed by atoms with Crippen LogP contribution in [0.2, 0.25) is 0 Å². The molecule has 128 valence electrons. The molecule has 0 aliphatic carbocycles. The third kappa shape index (κ3) is 4.59. The van der Waals surface area contributed by atoms with Crippen molar-refractivity contribution in [3.05, 3.63) is 45.7 Å². The topological polar surface area (TPSA) is 67.4 Å². The van der Waals surface area contributed by atoms with Crippen molar-refractivity contribution in [2.75, 3.05) is 19.7 Å². The number of hydrogen-bond acceptors (Lipinski definition) is 6. The highest BCUT2D eigenvalue weighted by molar-refractivity contribution is 7.11. The number of aryl methyl sites for hydroxylation is 1. The van der Waals surface area contributed by atoms with Crippen LogP contribution in [-0.2, 0) is 22.6 Å². The highest BCUT2D eigenvalue weighted by Gasteiger charge is 2.24. The molecule has 0 spiro atoms. The Morgan fingerprint density at radius 2 is 2.33 bits per heavy atom. The fourth-order valence-electron chi connectivity index (χ4n) is 2.67. The largest absolute Gasteiger partial charge is 0.368 e. The van der Waals surface area contributed by atoms with E-state index in [-0.39, 0.29) is 12.0 Å². The molecule has 2 aromatic heterocycles. The van der Waals surface area contributed by atoms with E-state index in [0.29, 0.717) is 19.0 Å². The number of nitrogens with zero attached hydrogens (tertiary/aromatic N) is 3. The molecule has 7 heteroatoms. The Morgan fingerprint density at radius 3 is 3.08 bits per heavy atom. The monoisotopic (exact) mass is 346 g/mol. The van der Waals surface area contributed by atoms with Gasteiger partial charge in [0.15, 0.2) is 5.82 Å². The van der Waals surface area contributed by atoms with Gasteiger partial charge in [-0.15, -0.1) is 11.3 Å². The summed E-state index contributed by atoms with van der Waals surface area (Å²) in [4.78, 5) is 25.0. The quantitative estimate of drug-likeness (QED) is 0.897. The smallest absolute Gasteiger partial charge is 0.217 e. The predicted molar refractivity (Wildman–Crippen MR) is 92.6 cm³/mol. The Kier molecular flexibility index (Phi) is 5.55. The molecular weight excluding hydrogens is 324 g/mol. The van der Waals surface area contributed by atoms with Crippen molar-refractivity contribution in [2.24, 2.45) is 0 Å². The minimum atomic E-state index is -0.128. The zero-order chi connectivity index (χ0) is 16.9. The first-order chi connectivity index (χ1) is 11.6. The normalized spacial score (nSPS) is 18.5. The second-order valence-corrected chi connectivity index (χ2v) is 7.30. The van der Waals surface area contributed by atoms with Crippen LogP contribution in [0.3, 0.4) is 0 Å². The molecule has 0 aromatic carbocycles. The Hall–Kier alpha value is -1.83. The van der Waals surface area contributed by atoms with Gasteiger partial charge in [-0.3, -0.25) is 9.69 Å². The molecule has 3 heterocycles. The summed E-state index contributed by atoms with van der Waals surface area (Å²) in [5.41, 5.74) is 0.796. The number of nitrogens with one attached hydrogen (secondary N) is 1. The Labute approximate surface area is 145 Å². The molecule has 1 fully saturated rings. The molecule has 24 heavy (non-hydrogen) atoms. The van der Waals surface area contributed by atoms with Crippen LogP contribution in [0, 0.1) is 6.92 Å². The summed E-state index contributed by atoms with van der Waals surface area (Å²) >= 11 is 1.84. The van der Waals surface area contributed by atoms with Gasteiger partial charge in [-0.2, -0.15) is 0 Å². The van der Waals surface area contributed by atoms with Crippen LogP contribution in [-0.4, -0.2) is 40.5 Å². The molecule has 1 aliphatic heterocycles. The molecule has 0 radical (unpaired) electrons. The summed E-state index contributed by atoms with van der Waals surface area (Å²) in [6.07, 6.45) is 1.60. The van der Waals surface area contributed by atoms with Crippen LogP contribution in [0.25, 0.3) is 0 Å². The van der Waals surface area contributed by atoms with Gasteiger partial charge in [0.05, 0.1) is 18.8 Å².